The van der Waals surface area contributed by atoms with Gasteiger partial charge >= 0.3 is 0 Å². The first kappa shape index (κ1) is 9.26. The SMILES string of the molecule is Cc1ccc(OC=O)c(C)c1Br. The summed E-state index contributed by atoms with van der Waals surface area (Å²) in [6, 6.07) is 3.68. The van der Waals surface area contributed by atoms with Gasteiger partial charge in [-0.1, -0.05) is 22.0 Å². The van der Waals surface area contributed by atoms with Gasteiger partial charge in [0.2, 0.25) is 0 Å². The van der Waals surface area contributed by atoms with Crippen LogP contribution >= 0.6 is 15.9 Å². The van der Waals surface area contributed by atoms with E-state index in [1.54, 1.807) is 6.07 Å². The van der Waals surface area contributed by atoms with Gasteiger partial charge in [0.15, 0.2) is 0 Å². The Kier molecular flexibility index (Phi) is 2.87. The largest absolute Gasteiger partial charge is 0.428 e. The molecule has 1 rings (SSSR count). The predicted octanol–water partition coefficient (Wildman–Crippen LogP) is 2.60. The second-order valence-corrected chi connectivity index (χ2v) is 3.33. The van der Waals surface area contributed by atoms with Crippen LogP contribution in [0.3, 0.4) is 0 Å². The minimum absolute atomic E-state index is 0.435. The maximum absolute atomic E-state index is 10.1. The topological polar surface area (TPSA) is 26.3 Å². The fourth-order valence-corrected chi connectivity index (χ4v) is 1.31. The van der Waals surface area contributed by atoms with Gasteiger partial charge in [0.05, 0.1) is 0 Å². The van der Waals surface area contributed by atoms with Crippen molar-refractivity contribution in [2.45, 2.75) is 13.8 Å². The first-order valence-electron chi connectivity index (χ1n) is 3.53. The van der Waals surface area contributed by atoms with Gasteiger partial charge in [0, 0.05) is 10.0 Å². The first-order chi connectivity index (χ1) is 5.66. The highest BCUT2D eigenvalue weighted by atomic mass is 79.9. The Hall–Kier alpha value is -0.830. The van der Waals surface area contributed by atoms with Crippen LogP contribution in [-0.2, 0) is 4.79 Å². The van der Waals surface area contributed by atoms with Crippen LogP contribution < -0.4 is 4.74 Å². The summed E-state index contributed by atoms with van der Waals surface area (Å²) in [6.07, 6.45) is 0. The Labute approximate surface area is 79.7 Å². The molecule has 3 heteroatoms. The highest BCUT2D eigenvalue weighted by Crippen LogP contribution is 2.28. The summed E-state index contributed by atoms with van der Waals surface area (Å²) < 4.78 is 5.75. The monoisotopic (exact) mass is 228 g/mol. The molecule has 0 saturated heterocycles. The van der Waals surface area contributed by atoms with E-state index in [4.69, 9.17) is 4.74 Å². The van der Waals surface area contributed by atoms with Gasteiger partial charge in [-0.05, 0) is 25.5 Å². The molecular weight excluding hydrogens is 220 g/mol. The van der Waals surface area contributed by atoms with Crippen molar-refractivity contribution in [3.8, 4) is 5.75 Å². The van der Waals surface area contributed by atoms with E-state index in [0.717, 1.165) is 15.6 Å². The van der Waals surface area contributed by atoms with Crippen LogP contribution in [0, 0.1) is 13.8 Å². The van der Waals surface area contributed by atoms with Gasteiger partial charge in [-0.15, -0.1) is 0 Å². The van der Waals surface area contributed by atoms with E-state index >= 15 is 0 Å². The number of halogens is 1. The van der Waals surface area contributed by atoms with Crippen LogP contribution in [0.15, 0.2) is 16.6 Å². The van der Waals surface area contributed by atoms with Gasteiger partial charge < -0.3 is 4.74 Å². The predicted molar refractivity (Wildman–Crippen MR) is 50.3 cm³/mol. The van der Waals surface area contributed by atoms with E-state index in [1.165, 1.54) is 0 Å². The van der Waals surface area contributed by atoms with Crippen LogP contribution in [-0.4, -0.2) is 6.47 Å². The minimum Gasteiger partial charge on any atom is -0.428 e. The molecule has 0 heterocycles. The number of benzene rings is 1. The molecule has 0 spiro atoms. The van der Waals surface area contributed by atoms with E-state index in [-0.39, 0.29) is 0 Å². The second-order valence-electron chi connectivity index (χ2n) is 2.53. The lowest BCUT2D eigenvalue weighted by molar-refractivity contribution is -0.120. The van der Waals surface area contributed by atoms with Gasteiger partial charge in [0.25, 0.3) is 6.47 Å². The average Bonchev–Trinajstić information content (AvgIpc) is 2.07. The molecule has 0 atom stereocenters. The summed E-state index contributed by atoms with van der Waals surface area (Å²) in [5, 5.41) is 0. The van der Waals surface area contributed by atoms with E-state index in [9.17, 15) is 4.79 Å². The summed E-state index contributed by atoms with van der Waals surface area (Å²) in [4.78, 5) is 10.1. The van der Waals surface area contributed by atoms with Gasteiger partial charge in [-0.2, -0.15) is 0 Å². The summed E-state index contributed by atoms with van der Waals surface area (Å²) in [5.74, 6) is 0.600. The van der Waals surface area contributed by atoms with Crippen molar-refractivity contribution in [2.24, 2.45) is 0 Å². The third-order valence-corrected chi connectivity index (χ3v) is 2.93. The number of hydrogen-bond donors (Lipinski definition) is 0. The molecule has 0 unspecified atom stereocenters. The molecule has 0 aliphatic carbocycles. The fourth-order valence-electron chi connectivity index (χ4n) is 0.982. The van der Waals surface area contributed by atoms with Gasteiger partial charge in [-0.25, -0.2) is 0 Å². The molecule has 1 aromatic carbocycles. The molecule has 0 amide bonds. The number of carbonyl (C=O) groups is 1. The van der Waals surface area contributed by atoms with Crippen molar-refractivity contribution in [3.05, 3.63) is 27.7 Å². The third-order valence-electron chi connectivity index (χ3n) is 1.70. The lowest BCUT2D eigenvalue weighted by atomic mass is 10.1. The summed E-state index contributed by atoms with van der Waals surface area (Å²) in [7, 11) is 0. The Bertz CT molecular complexity index is 308. The smallest absolute Gasteiger partial charge is 0.298 e. The molecule has 12 heavy (non-hydrogen) atoms. The van der Waals surface area contributed by atoms with E-state index in [1.807, 2.05) is 19.9 Å². The Balaban J connectivity index is 3.16. The van der Waals surface area contributed by atoms with Gasteiger partial charge in [-0.3, -0.25) is 4.79 Å². The van der Waals surface area contributed by atoms with Crippen molar-refractivity contribution >= 4 is 22.4 Å². The van der Waals surface area contributed by atoms with Crippen molar-refractivity contribution in [1.82, 2.24) is 0 Å². The zero-order chi connectivity index (χ0) is 9.14. The molecule has 0 saturated carbocycles. The minimum atomic E-state index is 0.435. The van der Waals surface area contributed by atoms with E-state index in [0.29, 0.717) is 12.2 Å². The standard InChI is InChI=1S/C9H9BrO2/c1-6-3-4-8(12-5-11)7(2)9(6)10/h3-5H,1-2H3. The van der Waals surface area contributed by atoms with Crippen LogP contribution in [0.4, 0.5) is 0 Å². The molecule has 64 valence electrons. The molecule has 0 fully saturated rings. The summed E-state index contributed by atoms with van der Waals surface area (Å²) in [5.41, 5.74) is 2.08. The normalized spacial score (nSPS) is 9.58. The Morgan fingerprint density at radius 2 is 2.08 bits per heavy atom. The molecule has 0 bridgehead atoms. The maximum atomic E-state index is 10.1. The molecule has 0 aliphatic heterocycles. The molecule has 0 N–H and O–H groups in total. The quantitative estimate of drug-likeness (QED) is 0.728. The second kappa shape index (κ2) is 3.72. The number of rotatable bonds is 2. The van der Waals surface area contributed by atoms with Crippen LogP contribution in [0.2, 0.25) is 0 Å². The zero-order valence-electron chi connectivity index (χ0n) is 6.93. The molecule has 0 aliphatic rings. The number of hydrogen-bond acceptors (Lipinski definition) is 2. The molecule has 0 radical (unpaired) electrons. The van der Waals surface area contributed by atoms with Crippen molar-refractivity contribution < 1.29 is 9.53 Å². The number of aryl methyl sites for hydroxylation is 1. The van der Waals surface area contributed by atoms with Crippen LogP contribution in [0.25, 0.3) is 0 Å². The molecular formula is C9H9BrO2. The highest BCUT2D eigenvalue weighted by Gasteiger charge is 2.04. The van der Waals surface area contributed by atoms with Crippen molar-refractivity contribution in [2.75, 3.05) is 0 Å². The molecule has 1 aromatic rings. The lowest BCUT2D eigenvalue weighted by Gasteiger charge is -2.06. The van der Waals surface area contributed by atoms with E-state index in [2.05, 4.69) is 15.9 Å². The van der Waals surface area contributed by atoms with Crippen LogP contribution in [0.1, 0.15) is 11.1 Å². The Morgan fingerprint density at radius 1 is 1.42 bits per heavy atom. The third kappa shape index (κ3) is 1.67. The summed E-state index contributed by atoms with van der Waals surface area (Å²) in [6.45, 7) is 4.32. The van der Waals surface area contributed by atoms with Crippen LogP contribution in [0.5, 0.6) is 5.75 Å². The fraction of sp³-hybridized carbons (Fsp3) is 0.222. The zero-order valence-corrected chi connectivity index (χ0v) is 8.51. The van der Waals surface area contributed by atoms with Crippen molar-refractivity contribution in [3.63, 3.8) is 0 Å². The molecule has 2 nitrogen and oxygen atoms in total. The highest BCUT2D eigenvalue weighted by molar-refractivity contribution is 9.10. The molecule has 0 aromatic heterocycles. The van der Waals surface area contributed by atoms with Gasteiger partial charge in [0.1, 0.15) is 5.75 Å². The number of carbonyl (C=O) groups excluding carboxylic acids is 1. The average molecular weight is 229 g/mol. The Morgan fingerprint density at radius 3 is 2.67 bits per heavy atom. The van der Waals surface area contributed by atoms with Crippen molar-refractivity contribution in [1.29, 1.82) is 0 Å². The lowest BCUT2D eigenvalue weighted by Crippen LogP contribution is -1.93. The maximum Gasteiger partial charge on any atom is 0.298 e. The first-order valence-corrected chi connectivity index (χ1v) is 4.32. The van der Waals surface area contributed by atoms with E-state index < -0.39 is 0 Å². The summed E-state index contributed by atoms with van der Waals surface area (Å²) >= 11 is 3.40. The number of ether oxygens (including phenoxy) is 1.